The van der Waals surface area contributed by atoms with E-state index in [1.807, 2.05) is 0 Å². The summed E-state index contributed by atoms with van der Waals surface area (Å²) in [5.74, 6) is 0. The van der Waals surface area contributed by atoms with Gasteiger partial charge in [-0.2, -0.15) is 0 Å². The Hall–Kier alpha value is -5.18. The minimum Gasteiger partial charge on any atom is -0.309 e. The summed E-state index contributed by atoms with van der Waals surface area (Å²) in [5, 5.41) is 2.50. The molecular weight excluding hydrogens is 598 g/mol. The van der Waals surface area contributed by atoms with E-state index in [1.54, 1.807) is 0 Å². The molecule has 0 amide bonds. The van der Waals surface area contributed by atoms with Crippen molar-refractivity contribution in [3.63, 3.8) is 0 Å². The second-order valence-electron chi connectivity index (χ2n) is 11.1. The lowest BCUT2D eigenvalue weighted by molar-refractivity contribution is 1.18. The van der Waals surface area contributed by atoms with Crippen LogP contribution in [0.2, 0.25) is 0 Å². The fourth-order valence-electron chi connectivity index (χ4n) is 6.43. The summed E-state index contributed by atoms with van der Waals surface area (Å²) >= 11 is 3.67. The molecule has 0 bridgehead atoms. The Morgan fingerprint density at radius 1 is 0.341 bits per heavy atom. The fraction of sp³-hybridized carbons (Fsp3) is 0. The molecule has 0 aliphatic heterocycles. The Morgan fingerprint density at radius 3 is 1.68 bits per heavy atom. The standard InChI is InChI=1S/C42H28BrN/c43-34-17-11-16-32(26-34)35-18-7-8-19-36(35)33-22-24-38-37-20-9-10-21-40(37)44(42(38)28-33)41-25-23-31(29-12-3-1-4-13-29)27-39(41)30-14-5-2-6-15-30/h1-28H. The van der Waals surface area contributed by atoms with Crippen molar-refractivity contribution in [2.24, 2.45) is 0 Å². The molecule has 0 aliphatic carbocycles. The molecule has 1 heterocycles. The molecule has 0 saturated heterocycles. The van der Waals surface area contributed by atoms with Gasteiger partial charge in [0.2, 0.25) is 0 Å². The predicted octanol–water partition coefficient (Wildman–Crippen LogP) is 12.2. The molecule has 0 atom stereocenters. The molecule has 44 heavy (non-hydrogen) atoms. The van der Waals surface area contributed by atoms with Crippen LogP contribution in [0.25, 0.3) is 72.0 Å². The van der Waals surface area contributed by atoms with Gasteiger partial charge in [0, 0.05) is 20.8 Å². The third-order valence-corrected chi connectivity index (χ3v) is 8.97. The summed E-state index contributed by atoms with van der Waals surface area (Å²) in [7, 11) is 0. The van der Waals surface area contributed by atoms with Crippen molar-refractivity contribution in [1.29, 1.82) is 0 Å². The van der Waals surface area contributed by atoms with Crippen molar-refractivity contribution in [3.05, 3.63) is 174 Å². The molecule has 0 spiro atoms. The monoisotopic (exact) mass is 625 g/mol. The molecule has 8 rings (SSSR count). The van der Waals surface area contributed by atoms with Gasteiger partial charge in [0.25, 0.3) is 0 Å². The highest BCUT2D eigenvalue weighted by atomic mass is 79.9. The van der Waals surface area contributed by atoms with E-state index >= 15 is 0 Å². The smallest absolute Gasteiger partial charge is 0.0547 e. The summed E-state index contributed by atoms with van der Waals surface area (Å²) < 4.78 is 3.53. The van der Waals surface area contributed by atoms with E-state index in [0.717, 1.165) is 4.47 Å². The lowest BCUT2D eigenvalue weighted by Crippen LogP contribution is -1.98. The number of aromatic nitrogens is 1. The van der Waals surface area contributed by atoms with E-state index in [2.05, 4.69) is 190 Å². The molecule has 7 aromatic carbocycles. The molecule has 208 valence electrons. The number of halogens is 1. The van der Waals surface area contributed by atoms with E-state index in [1.165, 1.54) is 72.0 Å². The molecule has 0 fully saturated rings. The van der Waals surface area contributed by atoms with Gasteiger partial charge >= 0.3 is 0 Å². The second kappa shape index (κ2) is 11.1. The third-order valence-electron chi connectivity index (χ3n) is 8.48. The van der Waals surface area contributed by atoms with Crippen LogP contribution >= 0.6 is 15.9 Å². The van der Waals surface area contributed by atoms with Gasteiger partial charge in [-0.05, 0) is 75.3 Å². The minimum absolute atomic E-state index is 1.08. The van der Waals surface area contributed by atoms with Gasteiger partial charge in [0.15, 0.2) is 0 Å². The van der Waals surface area contributed by atoms with Crippen LogP contribution in [-0.2, 0) is 0 Å². The first-order chi connectivity index (χ1) is 21.7. The second-order valence-corrected chi connectivity index (χ2v) is 12.0. The quantitative estimate of drug-likeness (QED) is 0.179. The van der Waals surface area contributed by atoms with Crippen LogP contribution < -0.4 is 0 Å². The maximum Gasteiger partial charge on any atom is 0.0547 e. The van der Waals surface area contributed by atoms with E-state index in [4.69, 9.17) is 0 Å². The molecule has 1 nitrogen and oxygen atoms in total. The predicted molar refractivity (Wildman–Crippen MR) is 190 cm³/mol. The zero-order valence-corrected chi connectivity index (χ0v) is 25.6. The zero-order valence-electron chi connectivity index (χ0n) is 24.0. The van der Waals surface area contributed by atoms with E-state index in [-0.39, 0.29) is 0 Å². The minimum atomic E-state index is 1.08. The van der Waals surface area contributed by atoms with Crippen molar-refractivity contribution in [2.45, 2.75) is 0 Å². The van der Waals surface area contributed by atoms with Crippen molar-refractivity contribution < 1.29 is 0 Å². The summed E-state index contributed by atoms with van der Waals surface area (Å²) in [4.78, 5) is 0. The van der Waals surface area contributed by atoms with Gasteiger partial charge in [-0.3, -0.25) is 0 Å². The maximum absolute atomic E-state index is 3.67. The van der Waals surface area contributed by atoms with Crippen molar-refractivity contribution in [1.82, 2.24) is 4.57 Å². The Morgan fingerprint density at radius 2 is 0.932 bits per heavy atom. The molecule has 1 aromatic heterocycles. The lowest BCUT2D eigenvalue weighted by Gasteiger charge is -2.17. The molecule has 8 aromatic rings. The van der Waals surface area contributed by atoms with Crippen LogP contribution in [0.3, 0.4) is 0 Å². The van der Waals surface area contributed by atoms with Crippen LogP contribution in [0.15, 0.2) is 174 Å². The SMILES string of the molecule is Brc1cccc(-c2ccccc2-c2ccc3c4ccccc4n(-c4ccc(-c5ccccc5)cc4-c4ccccc4)c3c2)c1. The topological polar surface area (TPSA) is 4.93 Å². The highest BCUT2D eigenvalue weighted by Crippen LogP contribution is 2.41. The first kappa shape index (κ1) is 26.4. The lowest BCUT2D eigenvalue weighted by atomic mass is 9.94. The summed E-state index contributed by atoms with van der Waals surface area (Å²) in [6.07, 6.45) is 0. The third kappa shape index (κ3) is 4.65. The van der Waals surface area contributed by atoms with Crippen molar-refractivity contribution in [3.8, 4) is 50.2 Å². The molecule has 2 heteroatoms. The summed E-state index contributed by atoms with van der Waals surface area (Å²) in [6, 6.07) is 61.2. The summed E-state index contributed by atoms with van der Waals surface area (Å²) in [5.41, 5.74) is 13.2. The number of nitrogens with zero attached hydrogens (tertiary/aromatic N) is 1. The van der Waals surface area contributed by atoms with Crippen LogP contribution in [0.1, 0.15) is 0 Å². The largest absolute Gasteiger partial charge is 0.309 e. The maximum atomic E-state index is 3.67. The van der Waals surface area contributed by atoms with Crippen LogP contribution in [-0.4, -0.2) is 4.57 Å². The van der Waals surface area contributed by atoms with Gasteiger partial charge in [0.1, 0.15) is 0 Å². The highest BCUT2D eigenvalue weighted by molar-refractivity contribution is 9.10. The van der Waals surface area contributed by atoms with Crippen LogP contribution in [0, 0.1) is 0 Å². The molecule has 0 aliphatic rings. The molecule has 0 unspecified atom stereocenters. The van der Waals surface area contributed by atoms with Crippen LogP contribution in [0.5, 0.6) is 0 Å². The molecule has 0 N–H and O–H groups in total. The Balaban J connectivity index is 1.40. The first-order valence-corrected chi connectivity index (χ1v) is 15.7. The number of hydrogen-bond donors (Lipinski definition) is 0. The van der Waals surface area contributed by atoms with Gasteiger partial charge in [0.05, 0.1) is 16.7 Å². The van der Waals surface area contributed by atoms with Gasteiger partial charge in [-0.1, -0.05) is 149 Å². The zero-order chi connectivity index (χ0) is 29.5. The number of rotatable bonds is 5. The average molecular weight is 627 g/mol. The number of para-hydroxylation sites is 1. The molecule has 0 saturated carbocycles. The molecule has 0 radical (unpaired) electrons. The summed E-state index contributed by atoms with van der Waals surface area (Å²) in [6.45, 7) is 0. The Labute approximate surface area is 265 Å². The Kier molecular flexibility index (Phi) is 6.70. The Bertz CT molecular complexity index is 2280. The van der Waals surface area contributed by atoms with Gasteiger partial charge < -0.3 is 4.57 Å². The first-order valence-electron chi connectivity index (χ1n) is 14.9. The average Bonchev–Trinajstić information content (AvgIpc) is 3.42. The fourth-order valence-corrected chi connectivity index (χ4v) is 6.83. The van der Waals surface area contributed by atoms with Crippen LogP contribution in [0.4, 0.5) is 0 Å². The van der Waals surface area contributed by atoms with Crippen molar-refractivity contribution >= 4 is 37.7 Å². The highest BCUT2D eigenvalue weighted by Gasteiger charge is 2.18. The van der Waals surface area contributed by atoms with Crippen molar-refractivity contribution in [2.75, 3.05) is 0 Å². The number of fused-ring (bicyclic) bond motifs is 3. The van der Waals surface area contributed by atoms with E-state index in [9.17, 15) is 0 Å². The van der Waals surface area contributed by atoms with E-state index in [0.29, 0.717) is 0 Å². The van der Waals surface area contributed by atoms with Gasteiger partial charge in [-0.15, -0.1) is 0 Å². The molecular formula is C42H28BrN. The van der Waals surface area contributed by atoms with E-state index < -0.39 is 0 Å². The normalized spacial score (nSPS) is 11.3. The number of benzene rings is 7. The number of hydrogen-bond acceptors (Lipinski definition) is 0. The van der Waals surface area contributed by atoms with Gasteiger partial charge in [-0.25, -0.2) is 0 Å².